The molecule has 1 N–H and O–H groups in total. The molecule has 0 unspecified atom stereocenters. The zero-order chi connectivity index (χ0) is 5.28. The fourth-order valence-corrected chi connectivity index (χ4v) is 0.496. The SMILES string of the molecule is C/C=C1\CNC1=O. The minimum atomic E-state index is 0.0856. The van der Waals surface area contributed by atoms with Crippen LogP contribution >= 0.6 is 0 Å². The second kappa shape index (κ2) is 1.37. The molecular formula is C5H7NO. The van der Waals surface area contributed by atoms with E-state index in [1.54, 1.807) is 0 Å². The zero-order valence-electron chi connectivity index (χ0n) is 4.19. The van der Waals surface area contributed by atoms with Gasteiger partial charge < -0.3 is 5.32 Å². The van der Waals surface area contributed by atoms with Crippen LogP contribution in [0.5, 0.6) is 0 Å². The first-order valence-electron chi connectivity index (χ1n) is 2.28. The Morgan fingerprint density at radius 1 is 1.86 bits per heavy atom. The fourth-order valence-electron chi connectivity index (χ4n) is 0.496. The van der Waals surface area contributed by atoms with Crippen LogP contribution in [0.4, 0.5) is 0 Å². The van der Waals surface area contributed by atoms with E-state index in [0.717, 1.165) is 12.1 Å². The number of carbonyl (C=O) groups excluding carboxylic acids is 1. The number of β-lactam (4-membered cyclic amide) rings is 1. The van der Waals surface area contributed by atoms with Gasteiger partial charge in [0.05, 0.1) is 0 Å². The van der Waals surface area contributed by atoms with Crippen LogP contribution in [0.2, 0.25) is 0 Å². The zero-order valence-corrected chi connectivity index (χ0v) is 4.19. The monoisotopic (exact) mass is 97.1 g/mol. The van der Waals surface area contributed by atoms with Crippen LogP contribution in [0.25, 0.3) is 0 Å². The molecule has 1 fully saturated rings. The predicted molar refractivity (Wildman–Crippen MR) is 26.8 cm³/mol. The average molecular weight is 97.1 g/mol. The molecule has 0 bridgehead atoms. The van der Waals surface area contributed by atoms with Gasteiger partial charge in [-0.2, -0.15) is 0 Å². The van der Waals surface area contributed by atoms with Gasteiger partial charge in [-0.1, -0.05) is 6.08 Å². The molecule has 38 valence electrons. The van der Waals surface area contributed by atoms with E-state index in [0.29, 0.717) is 0 Å². The molecule has 0 aromatic rings. The fraction of sp³-hybridized carbons (Fsp3) is 0.400. The van der Waals surface area contributed by atoms with E-state index >= 15 is 0 Å². The lowest BCUT2D eigenvalue weighted by Gasteiger charge is -2.16. The summed E-state index contributed by atoms with van der Waals surface area (Å²) >= 11 is 0. The van der Waals surface area contributed by atoms with Crippen molar-refractivity contribution in [1.29, 1.82) is 0 Å². The van der Waals surface area contributed by atoms with E-state index < -0.39 is 0 Å². The molecule has 1 amide bonds. The number of rotatable bonds is 0. The topological polar surface area (TPSA) is 29.1 Å². The Balaban J connectivity index is 2.61. The Morgan fingerprint density at radius 2 is 2.57 bits per heavy atom. The van der Waals surface area contributed by atoms with Crippen molar-refractivity contribution in [1.82, 2.24) is 5.32 Å². The van der Waals surface area contributed by atoms with Crippen LogP contribution in [-0.4, -0.2) is 12.5 Å². The molecule has 2 heteroatoms. The maximum atomic E-state index is 10.3. The van der Waals surface area contributed by atoms with Crippen molar-refractivity contribution in [3.63, 3.8) is 0 Å². The van der Waals surface area contributed by atoms with Crippen LogP contribution in [-0.2, 0) is 4.79 Å². The van der Waals surface area contributed by atoms with Gasteiger partial charge in [0.2, 0.25) is 5.91 Å². The summed E-state index contributed by atoms with van der Waals surface area (Å²) in [5, 5.41) is 2.60. The van der Waals surface area contributed by atoms with Crippen molar-refractivity contribution in [3.8, 4) is 0 Å². The van der Waals surface area contributed by atoms with Gasteiger partial charge in [0.15, 0.2) is 0 Å². The van der Waals surface area contributed by atoms with Gasteiger partial charge in [-0.3, -0.25) is 4.79 Å². The Bertz CT molecular complexity index is 126. The van der Waals surface area contributed by atoms with Gasteiger partial charge in [-0.15, -0.1) is 0 Å². The third-order valence-electron chi connectivity index (χ3n) is 1.08. The van der Waals surface area contributed by atoms with E-state index in [9.17, 15) is 4.79 Å². The second-order valence-electron chi connectivity index (χ2n) is 1.50. The van der Waals surface area contributed by atoms with Gasteiger partial charge in [-0.25, -0.2) is 0 Å². The highest BCUT2D eigenvalue weighted by Crippen LogP contribution is 2.00. The lowest BCUT2D eigenvalue weighted by molar-refractivity contribution is -0.120. The molecule has 0 aromatic carbocycles. The normalized spacial score (nSPS) is 24.1. The van der Waals surface area contributed by atoms with E-state index in [2.05, 4.69) is 5.32 Å². The standard InChI is InChI=1S/C5H7NO/c1-2-4-3-6-5(4)7/h2H,3H2,1H3,(H,6,7)/b4-2+. The summed E-state index contributed by atoms with van der Waals surface area (Å²) in [6, 6.07) is 0. The lowest BCUT2D eigenvalue weighted by Crippen LogP contribution is -2.40. The molecule has 7 heavy (non-hydrogen) atoms. The number of allylic oxidation sites excluding steroid dienone is 1. The van der Waals surface area contributed by atoms with Crippen LogP contribution < -0.4 is 5.32 Å². The van der Waals surface area contributed by atoms with Crippen molar-refractivity contribution in [2.75, 3.05) is 6.54 Å². The van der Waals surface area contributed by atoms with E-state index in [4.69, 9.17) is 0 Å². The Labute approximate surface area is 42.2 Å². The molecule has 0 spiro atoms. The molecule has 1 heterocycles. The molecule has 0 radical (unpaired) electrons. The van der Waals surface area contributed by atoms with Crippen molar-refractivity contribution >= 4 is 5.91 Å². The van der Waals surface area contributed by atoms with Crippen molar-refractivity contribution in [3.05, 3.63) is 11.6 Å². The van der Waals surface area contributed by atoms with E-state index in [1.807, 2.05) is 13.0 Å². The number of amides is 1. The Morgan fingerprint density at radius 3 is 2.57 bits per heavy atom. The largest absolute Gasteiger partial charge is 0.348 e. The first-order valence-corrected chi connectivity index (χ1v) is 2.28. The summed E-state index contributed by atoms with van der Waals surface area (Å²) in [5.41, 5.74) is 0.903. The molecule has 1 saturated heterocycles. The molecule has 1 rings (SSSR count). The lowest BCUT2D eigenvalue weighted by atomic mass is 10.1. The summed E-state index contributed by atoms with van der Waals surface area (Å²) in [7, 11) is 0. The second-order valence-corrected chi connectivity index (χ2v) is 1.50. The van der Waals surface area contributed by atoms with E-state index in [1.165, 1.54) is 0 Å². The highest BCUT2D eigenvalue weighted by Gasteiger charge is 2.16. The molecule has 0 aliphatic carbocycles. The van der Waals surface area contributed by atoms with E-state index in [-0.39, 0.29) is 5.91 Å². The number of carbonyl (C=O) groups is 1. The molecule has 1 aliphatic heterocycles. The summed E-state index contributed by atoms with van der Waals surface area (Å²) in [4.78, 5) is 10.3. The summed E-state index contributed by atoms with van der Waals surface area (Å²) < 4.78 is 0. The molecule has 1 aliphatic rings. The first-order chi connectivity index (χ1) is 3.34. The van der Waals surface area contributed by atoms with Crippen LogP contribution in [0, 0.1) is 0 Å². The predicted octanol–water partition coefficient (Wildman–Crippen LogP) is 0.0625. The maximum Gasteiger partial charge on any atom is 0.248 e. The minimum absolute atomic E-state index is 0.0856. The Kier molecular flexibility index (Phi) is 0.855. The third-order valence-corrected chi connectivity index (χ3v) is 1.08. The van der Waals surface area contributed by atoms with Crippen LogP contribution in [0.1, 0.15) is 6.92 Å². The molecule has 0 saturated carbocycles. The smallest absolute Gasteiger partial charge is 0.248 e. The molecule has 0 atom stereocenters. The molecular weight excluding hydrogens is 90.1 g/mol. The molecule has 2 nitrogen and oxygen atoms in total. The van der Waals surface area contributed by atoms with Gasteiger partial charge in [0.25, 0.3) is 0 Å². The average Bonchev–Trinajstić information content (AvgIpc) is 1.65. The third kappa shape index (κ3) is 0.515. The number of hydrogen-bond donors (Lipinski definition) is 1. The number of hydrogen-bond acceptors (Lipinski definition) is 1. The van der Waals surface area contributed by atoms with Crippen LogP contribution in [0.15, 0.2) is 11.6 Å². The number of nitrogens with one attached hydrogen (secondary N) is 1. The maximum absolute atomic E-state index is 10.3. The van der Waals surface area contributed by atoms with Gasteiger partial charge in [-0.05, 0) is 6.92 Å². The molecule has 0 aromatic heterocycles. The van der Waals surface area contributed by atoms with Crippen molar-refractivity contribution < 1.29 is 4.79 Å². The van der Waals surface area contributed by atoms with Crippen molar-refractivity contribution in [2.24, 2.45) is 0 Å². The summed E-state index contributed by atoms with van der Waals surface area (Å²) in [6.45, 7) is 2.63. The van der Waals surface area contributed by atoms with Crippen LogP contribution in [0.3, 0.4) is 0 Å². The quantitative estimate of drug-likeness (QED) is 0.336. The Hall–Kier alpha value is -0.790. The van der Waals surface area contributed by atoms with Gasteiger partial charge >= 0.3 is 0 Å². The highest BCUT2D eigenvalue weighted by atomic mass is 16.2. The highest BCUT2D eigenvalue weighted by molar-refractivity contribution is 5.99. The van der Waals surface area contributed by atoms with Crippen molar-refractivity contribution in [2.45, 2.75) is 6.92 Å². The first kappa shape index (κ1) is 4.37. The van der Waals surface area contributed by atoms with Gasteiger partial charge in [0, 0.05) is 12.1 Å². The minimum Gasteiger partial charge on any atom is -0.348 e. The summed E-state index contributed by atoms with van der Waals surface area (Å²) in [5.74, 6) is 0.0856. The summed E-state index contributed by atoms with van der Waals surface area (Å²) in [6.07, 6.45) is 1.83. The van der Waals surface area contributed by atoms with Gasteiger partial charge in [0.1, 0.15) is 0 Å².